The smallest absolute Gasteiger partial charge is 0.327 e. The van der Waals surface area contributed by atoms with Crippen LogP contribution in [0.25, 0.3) is 0 Å². The van der Waals surface area contributed by atoms with Gasteiger partial charge in [0.2, 0.25) is 0 Å². The van der Waals surface area contributed by atoms with Gasteiger partial charge >= 0.3 is 11.9 Å². The van der Waals surface area contributed by atoms with Gasteiger partial charge in [0, 0.05) is 36.0 Å². The quantitative estimate of drug-likeness (QED) is 0.129. The minimum Gasteiger partial charge on any atom is -0.392 e. The molecule has 0 amide bonds. The molecule has 26 heavy (non-hydrogen) atoms. The summed E-state index contributed by atoms with van der Waals surface area (Å²) < 4.78 is 4.66. The standard InChI is InChI=1S/C21H39NO3.Na/c1-3-4-5-6-7-8-9-10-11-12-13-14-15-16-17-18-20(23)25-21(24)19-22-2;/h10-11,22H,3-9,12-19H2,1-2H3;/b11-10-;. The molecule has 0 aliphatic carbocycles. The van der Waals surface area contributed by atoms with E-state index in [1.165, 1.54) is 57.8 Å². The second-order valence-electron chi connectivity index (χ2n) is 6.71. The number of unbranched alkanes of at least 4 members (excludes halogenated alkanes) is 11. The van der Waals surface area contributed by atoms with E-state index in [1.54, 1.807) is 7.05 Å². The van der Waals surface area contributed by atoms with Gasteiger partial charge in [-0.3, -0.25) is 9.59 Å². The summed E-state index contributed by atoms with van der Waals surface area (Å²) in [6.45, 7) is 2.34. The van der Waals surface area contributed by atoms with Crippen molar-refractivity contribution in [3.05, 3.63) is 12.2 Å². The predicted octanol–water partition coefficient (Wildman–Crippen LogP) is 4.93. The molecule has 0 heterocycles. The van der Waals surface area contributed by atoms with E-state index in [0.29, 0.717) is 6.42 Å². The minimum absolute atomic E-state index is 0. The fourth-order valence-corrected chi connectivity index (χ4v) is 2.70. The van der Waals surface area contributed by atoms with Gasteiger partial charge in [0.15, 0.2) is 0 Å². The first-order chi connectivity index (χ1) is 12.2. The Balaban J connectivity index is 0. The topological polar surface area (TPSA) is 55.4 Å². The summed E-state index contributed by atoms with van der Waals surface area (Å²) in [7, 11) is 1.65. The summed E-state index contributed by atoms with van der Waals surface area (Å²) in [6.07, 6.45) is 20.9. The van der Waals surface area contributed by atoms with Crippen molar-refractivity contribution in [1.82, 2.24) is 5.32 Å². The number of carbonyl (C=O) groups is 2. The predicted molar refractivity (Wildman–Crippen MR) is 110 cm³/mol. The molecule has 0 aromatic heterocycles. The molecule has 0 aliphatic heterocycles. The molecule has 4 nitrogen and oxygen atoms in total. The van der Waals surface area contributed by atoms with Gasteiger partial charge in [-0.2, -0.15) is 0 Å². The first-order valence-electron chi connectivity index (χ1n) is 10.2. The Morgan fingerprint density at radius 2 is 1.27 bits per heavy atom. The monoisotopic (exact) mass is 376 g/mol. The van der Waals surface area contributed by atoms with Crippen molar-refractivity contribution in [3.63, 3.8) is 0 Å². The van der Waals surface area contributed by atoms with E-state index in [2.05, 4.69) is 29.1 Å². The summed E-state index contributed by atoms with van der Waals surface area (Å²) >= 11 is 0. The molecule has 0 spiro atoms. The number of hydrogen-bond donors (Lipinski definition) is 1. The number of esters is 2. The summed E-state index contributed by atoms with van der Waals surface area (Å²) in [5, 5.41) is 2.66. The third kappa shape index (κ3) is 21.9. The molecule has 0 aromatic carbocycles. The summed E-state index contributed by atoms with van der Waals surface area (Å²) in [4.78, 5) is 22.5. The molecule has 0 aliphatic rings. The molecular weight excluding hydrogens is 337 g/mol. The second-order valence-corrected chi connectivity index (χ2v) is 6.71. The van der Waals surface area contributed by atoms with Gasteiger partial charge in [0.25, 0.3) is 0 Å². The number of allylic oxidation sites excluding steroid dienone is 2. The van der Waals surface area contributed by atoms with Crippen LogP contribution >= 0.6 is 0 Å². The zero-order valence-electron chi connectivity index (χ0n) is 17.5. The summed E-state index contributed by atoms with van der Waals surface area (Å²) in [5.41, 5.74) is 0. The van der Waals surface area contributed by atoms with Crippen LogP contribution in [0.15, 0.2) is 12.2 Å². The third-order valence-electron chi connectivity index (χ3n) is 4.19. The van der Waals surface area contributed by atoms with E-state index in [1.807, 2.05) is 0 Å². The van der Waals surface area contributed by atoms with Gasteiger partial charge in [-0.25, -0.2) is 0 Å². The maximum atomic E-state index is 11.4. The zero-order valence-corrected chi connectivity index (χ0v) is 19.5. The van der Waals surface area contributed by atoms with Crippen LogP contribution < -0.4 is 5.32 Å². The number of likely N-dealkylation sites (N-methyl/N-ethyl adjacent to an activating group) is 1. The normalized spacial score (nSPS) is 10.7. The van der Waals surface area contributed by atoms with E-state index in [-0.39, 0.29) is 36.1 Å². The third-order valence-corrected chi connectivity index (χ3v) is 4.19. The van der Waals surface area contributed by atoms with Crippen molar-refractivity contribution in [1.29, 1.82) is 0 Å². The fourth-order valence-electron chi connectivity index (χ4n) is 2.70. The van der Waals surface area contributed by atoms with E-state index < -0.39 is 11.9 Å². The van der Waals surface area contributed by atoms with Gasteiger partial charge in [0.1, 0.15) is 0 Å². The Kier molecular flexibility index (Phi) is 24.7. The molecule has 0 bridgehead atoms. The Bertz CT molecular complexity index is 359. The molecule has 0 unspecified atom stereocenters. The van der Waals surface area contributed by atoms with Crippen molar-refractivity contribution in [2.75, 3.05) is 13.6 Å². The molecule has 0 saturated carbocycles. The number of rotatable bonds is 17. The van der Waals surface area contributed by atoms with Crippen LogP contribution in [-0.4, -0.2) is 55.1 Å². The molecular formula is C21H39NNaO3. The average molecular weight is 377 g/mol. The van der Waals surface area contributed by atoms with Crippen LogP contribution in [0.3, 0.4) is 0 Å². The minimum atomic E-state index is -0.500. The van der Waals surface area contributed by atoms with E-state index >= 15 is 0 Å². The molecule has 1 radical (unpaired) electrons. The number of hydrogen-bond acceptors (Lipinski definition) is 4. The molecule has 0 aromatic rings. The summed E-state index contributed by atoms with van der Waals surface area (Å²) in [6, 6.07) is 0. The van der Waals surface area contributed by atoms with Crippen molar-refractivity contribution in [3.8, 4) is 0 Å². The van der Waals surface area contributed by atoms with Crippen molar-refractivity contribution >= 4 is 41.5 Å². The second kappa shape index (κ2) is 22.9. The molecule has 1 N–H and O–H groups in total. The number of ether oxygens (including phenoxy) is 1. The molecule has 0 saturated heterocycles. The number of nitrogens with one attached hydrogen (secondary N) is 1. The van der Waals surface area contributed by atoms with Gasteiger partial charge in [-0.05, 0) is 39.2 Å². The molecule has 147 valence electrons. The summed E-state index contributed by atoms with van der Waals surface area (Å²) in [5.74, 6) is -0.905. The Hall–Kier alpha value is -0.160. The maximum Gasteiger partial charge on any atom is 0.327 e. The average Bonchev–Trinajstić information content (AvgIpc) is 2.58. The van der Waals surface area contributed by atoms with E-state index in [4.69, 9.17) is 0 Å². The number of carbonyl (C=O) groups excluding carboxylic acids is 2. The molecule has 5 heteroatoms. The Morgan fingerprint density at radius 1 is 0.769 bits per heavy atom. The van der Waals surface area contributed by atoms with Crippen LogP contribution in [-0.2, 0) is 14.3 Å². The van der Waals surface area contributed by atoms with Crippen LogP contribution in [0.4, 0.5) is 0 Å². The van der Waals surface area contributed by atoms with Crippen LogP contribution in [0, 0.1) is 0 Å². The van der Waals surface area contributed by atoms with Crippen molar-refractivity contribution in [2.24, 2.45) is 0 Å². The maximum absolute atomic E-state index is 11.4. The molecule has 0 fully saturated rings. The Labute approximate surface area is 183 Å². The first-order valence-corrected chi connectivity index (χ1v) is 10.2. The Morgan fingerprint density at radius 3 is 1.81 bits per heavy atom. The van der Waals surface area contributed by atoms with Gasteiger partial charge in [0.05, 0.1) is 6.54 Å². The molecule has 0 atom stereocenters. The fraction of sp³-hybridized carbons (Fsp3) is 0.810. The van der Waals surface area contributed by atoms with Gasteiger partial charge in [-0.15, -0.1) is 0 Å². The van der Waals surface area contributed by atoms with E-state index in [0.717, 1.165) is 25.7 Å². The van der Waals surface area contributed by atoms with Crippen LogP contribution in [0.5, 0.6) is 0 Å². The zero-order chi connectivity index (χ0) is 18.6. The van der Waals surface area contributed by atoms with E-state index in [9.17, 15) is 9.59 Å². The first kappa shape index (κ1) is 28.1. The van der Waals surface area contributed by atoms with Crippen LogP contribution in [0.1, 0.15) is 96.8 Å². The largest absolute Gasteiger partial charge is 0.392 e. The van der Waals surface area contributed by atoms with Crippen molar-refractivity contribution < 1.29 is 14.3 Å². The van der Waals surface area contributed by atoms with Gasteiger partial charge in [-0.1, -0.05) is 70.4 Å². The van der Waals surface area contributed by atoms with Crippen molar-refractivity contribution in [2.45, 2.75) is 96.8 Å². The van der Waals surface area contributed by atoms with Gasteiger partial charge < -0.3 is 10.1 Å². The van der Waals surface area contributed by atoms with Crippen LogP contribution in [0.2, 0.25) is 0 Å². The molecule has 0 rings (SSSR count). The SMILES string of the molecule is CCCCCCCC/C=C\CCCCCCCC(=O)OC(=O)CNC.[Na].